The molecule has 1 aromatic carbocycles. The molecule has 0 unspecified atom stereocenters. The van der Waals surface area contributed by atoms with E-state index in [0.717, 1.165) is 0 Å². The standard InChI is InChI=1S/C15H11N3O2S/c1-18-14-10(8-16-13(9-21)17-14)7-12(15(18)19)20-11-5-3-2-4-6-11/h2-9H,1H3. The highest BCUT2D eigenvalue weighted by molar-refractivity contribution is 7.79. The highest BCUT2D eigenvalue weighted by atomic mass is 32.1. The van der Waals surface area contributed by atoms with Gasteiger partial charge < -0.3 is 4.74 Å². The van der Waals surface area contributed by atoms with E-state index in [1.807, 2.05) is 18.2 Å². The topological polar surface area (TPSA) is 57.0 Å². The fourth-order valence-corrected chi connectivity index (χ4v) is 2.09. The molecular formula is C15H11N3O2S. The molecule has 6 heteroatoms. The molecule has 3 aromatic rings. The van der Waals surface area contributed by atoms with Crippen LogP contribution in [0.4, 0.5) is 0 Å². The van der Waals surface area contributed by atoms with Crippen LogP contribution in [0.5, 0.6) is 11.5 Å². The van der Waals surface area contributed by atoms with Crippen LogP contribution in [-0.4, -0.2) is 19.9 Å². The van der Waals surface area contributed by atoms with Crippen molar-refractivity contribution < 1.29 is 4.74 Å². The molecule has 0 spiro atoms. The van der Waals surface area contributed by atoms with Crippen LogP contribution in [0, 0.1) is 0 Å². The number of thiocarbonyl (C=S) groups is 1. The Hall–Kier alpha value is -2.60. The number of aromatic nitrogens is 3. The normalized spacial score (nSPS) is 10.5. The second-order valence-electron chi connectivity index (χ2n) is 4.41. The predicted molar refractivity (Wildman–Crippen MR) is 84.1 cm³/mol. The lowest BCUT2D eigenvalue weighted by molar-refractivity contribution is 0.471. The number of para-hydroxylation sites is 1. The third kappa shape index (κ3) is 2.53. The summed E-state index contributed by atoms with van der Waals surface area (Å²) in [7, 11) is 1.64. The van der Waals surface area contributed by atoms with Crippen molar-refractivity contribution in [2.75, 3.05) is 0 Å². The van der Waals surface area contributed by atoms with Gasteiger partial charge in [0.25, 0.3) is 5.56 Å². The van der Waals surface area contributed by atoms with Gasteiger partial charge in [0.05, 0.1) is 0 Å². The van der Waals surface area contributed by atoms with Gasteiger partial charge in [0.15, 0.2) is 11.6 Å². The van der Waals surface area contributed by atoms with E-state index in [9.17, 15) is 4.79 Å². The summed E-state index contributed by atoms with van der Waals surface area (Å²) in [6, 6.07) is 10.8. The van der Waals surface area contributed by atoms with Crippen LogP contribution in [0.25, 0.3) is 11.0 Å². The van der Waals surface area contributed by atoms with Crippen LogP contribution < -0.4 is 10.3 Å². The zero-order valence-electron chi connectivity index (χ0n) is 11.2. The molecule has 0 amide bonds. The fourth-order valence-electron chi connectivity index (χ4n) is 1.98. The van der Waals surface area contributed by atoms with Gasteiger partial charge in [-0.25, -0.2) is 9.97 Å². The largest absolute Gasteiger partial charge is 0.452 e. The lowest BCUT2D eigenvalue weighted by Gasteiger charge is -2.09. The third-order valence-corrected chi connectivity index (χ3v) is 3.22. The van der Waals surface area contributed by atoms with Crippen LogP contribution in [0.2, 0.25) is 0 Å². The van der Waals surface area contributed by atoms with E-state index in [-0.39, 0.29) is 11.3 Å². The minimum atomic E-state index is -0.264. The van der Waals surface area contributed by atoms with Crippen LogP contribution in [0.1, 0.15) is 5.82 Å². The molecular weight excluding hydrogens is 286 g/mol. The Kier molecular flexibility index (Phi) is 3.45. The summed E-state index contributed by atoms with van der Waals surface area (Å²) < 4.78 is 7.07. The predicted octanol–water partition coefficient (Wildman–Crippen LogP) is 2.47. The van der Waals surface area contributed by atoms with Gasteiger partial charge in [-0.05, 0) is 18.2 Å². The molecule has 2 heterocycles. The zero-order chi connectivity index (χ0) is 14.8. The maximum absolute atomic E-state index is 12.3. The SMILES string of the molecule is Cn1c(=O)c(Oc2ccccc2)cc2cnc(C=S)nc21. The molecule has 0 aliphatic heterocycles. The van der Waals surface area contributed by atoms with Crippen molar-refractivity contribution in [1.82, 2.24) is 14.5 Å². The van der Waals surface area contributed by atoms with Crippen molar-refractivity contribution in [3.63, 3.8) is 0 Å². The average Bonchev–Trinajstić information content (AvgIpc) is 2.53. The summed E-state index contributed by atoms with van der Waals surface area (Å²) in [5.41, 5.74) is 0.256. The van der Waals surface area contributed by atoms with Crippen molar-refractivity contribution in [3.05, 3.63) is 58.8 Å². The highest BCUT2D eigenvalue weighted by Crippen LogP contribution is 2.20. The maximum atomic E-state index is 12.3. The van der Waals surface area contributed by atoms with Gasteiger partial charge in [-0.1, -0.05) is 30.4 Å². The summed E-state index contributed by atoms with van der Waals surface area (Å²) >= 11 is 4.81. The molecule has 3 rings (SSSR count). The van der Waals surface area contributed by atoms with E-state index in [2.05, 4.69) is 9.97 Å². The second kappa shape index (κ2) is 5.41. The number of pyridine rings is 1. The van der Waals surface area contributed by atoms with E-state index in [0.29, 0.717) is 22.6 Å². The van der Waals surface area contributed by atoms with E-state index in [4.69, 9.17) is 17.0 Å². The van der Waals surface area contributed by atoms with Crippen LogP contribution in [0.3, 0.4) is 0 Å². The molecule has 0 saturated carbocycles. The molecule has 0 saturated heterocycles. The first-order chi connectivity index (χ1) is 10.2. The highest BCUT2D eigenvalue weighted by Gasteiger charge is 2.10. The molecule has 0 aliphatic carbocycles. The Morgan fingerprint density at radius 1 is 1.29 bits per heavy atom. The molecule has 0 bridgehead atoms. The van der Waals surface area contributed by atoms with Gasteiger partial charge in [0.2, 0.25) is 0 Å². The van der Waals surface area contributed by atoms with Gasteiger partial charge in [0.1, 0.15) is 11.4 Å². The Morgan fingerprint density at radius 2 is 2.05 bits per heavy atom. The van der Waals surface area contributed by atoms with E-state index >= 15 is 0 Å². The summed E-state index contributed by atoms with van der Waals surface area (Å²) in [5.74, 6) is 1.24. The first-order valence-electron chi connectivity index (χ1n) is 6.24. The van der Waals surface area contributed by atoms with Crippen LogP contribution >= 0.6 is 12.2 Å². The summed E-state index contributed by atoms with van der Waals surface area (Å²) in [6.07, 6.45) is 1.62. The summed E-state index contributed by atoms with van der Waals surface area (Å²) in [4.78, 5) is 20.7. The van der Waals surface area contributed by atoms with Gasteiger partial charge >= 0.3 is 0 Å². The minimum absolute atomic E-state index is 0.231. The molecule has 0 atom stereocenters. The number of ether oxygens (including phenoxy) is 1. The van der Waals surface area contributed by atoms with Crippen molar-refractivity contribution in [1.29, 1.82) is 0 Å². The Morgan fingerprint density at radius 3 is 2.76 bits per heavy atom. The molecule has 21 heavy (non-hydrogen) atoms. The lowest BCUT2D eigenvalue weighted by atomic mass is 10.3. The van der Waals surface area contributed by atoms with Crippen molar-refractivity contribution in [2.24, 2.45) is 7.05 Å². The van der Waals surface area contributed by atoms with Gasteiger partial charge in [-0.3, -0.25) is 9.36 Å². The maximum Gasteiger partial charge on any atom is 0.294 e. The molecule has 0 N–H and O–H groups in total. The smallest absolute Gasteiger partial charge is 0.294 e. The molecule has 5 nitrogen and oxygen atoms in total. The Balaban J connectivity index is 2.15. The van der Waals surface area contributed by atoms with Crippen LogP contribution in [0.15, 0.2) is 47.4 Å². The molecule has 0 fully saturated rings. The average molecular weight is 297 g/mol. The van der Waals surface area contributed by atoms with Crippen molar-refractivity contribution in [3.8, 4) is 11.5 Å². The fraction of sp³-hybridized carbons (Fsp3) is 0.0667. The van der Waals surface area contributed by atoms with Crippen molar-refractivity contribution in [2.45, 2.75) is 0 Å². The summed E-state index contributed by atoms with van der Waals surface area (Å²) in [6.45, 7) is 0. The summed E-state index contributed by atoms with van der Waals surface area (Å²) in [5, 5.41) is 2.09. The Labute approximate surface area is 125 Å². The van der Waals surface area contributed by atoms with Crippen LogP contribution in [-0.2, 0) is 7.05 Å². The van der Waals surface area contributed by atoms with Gasteiger partial charge in [-0.2, -0.15) is 0 Å². The molecule has 104 valence electrons. The number of rotatable bonds is 3. The molecule has 0 aliphatic rings. The number of fused-ring (bicyclic) bond motifs is 1. The van der Waals surface area contributed by atoms with E-state index < -0.39 is 0 Å². The number of hydrogen-bond donors (Lipinski definition) is 0. The monoisotopic (exact) mass is 297 g/mol. The Bertz CT molecular complexity index is 875. The first kappa shape index (κ1) is 13.4. The third-order valence-electron chi connectivity index (χ3n) is 3.01. The number of benzene rings is 1. The molecule has 0 radical (unpaired) electrons. The minimum Gasteiger partial charge on any atom is -0.452 e. The number of aryl methyl sites for hydroxylation is 1. The van der Waals surface area contributed by atoms with Gasteiger partial charge in [0, 0.05) is 24.0 Å². The second-order valence-corrected chi connectivity index (χ2v) is 4.65. The van der Waals surface area contributed by atoms with E-state index in [1.54, 1.807) is 31.4 Å². The van der Waals surface area contributed by atoms with Crippen molar-refractivity contribution >= 4 is 28.6 Å². The number of nitrogens with zero attached hydrogens (tertiary/aromatic N) is 3. The molecule has 2 aromatic heterocycles. The van der Waals surface area contributed by atoms with Gasteiger partial charge in [-0.15, -0.1) is 0 Å². The van der Waals surface area contributed by atoms with E-state index in [1.165, 1.54) is 9.93 Å². The quantitative estimate of drug-likeness (QED) is 0.695. The first-order valence-corrected chi connectivity index (χ1v) is 6.71. The zero-order valence-corrected chi connectivity index (χ0v) is 12.0. The number of hydrogen-bond acceptors (Lipinski definition) is 5. The lowest BCUT2D eigenvalue weighted by Crippen LogP contribution is -2.19.